The van der Waals surface area contributed by atoms with Gasteiger partial charge in [-0.3, -0.25) is 4.79 Å². The van der Waals surface area contributed by atoms with Gasteiger partial charge < -0.3 is 10.1 Å². The maximum absolute atomic E-state index is 10.4. The molecule has 0 saturated carbocycles. The molecule has 1 aromatic heterocycles. The molecule has 0 bridgehead atoms. The van der Waals surface area contributed by atoms with Crippen LogP contribution >= 0.6 is 0 Å². The molecule has 3 heteroatoms. The molecule has 78 valence electrons. The highest BCUT2D eigenvalue weighted by Gasteiger charge is 2.02. The fourth-order valence-electron chi connectivity index (χ4n) is 1.73. The van der Waals surface area contributed by atoms with Gasteiger partial charge in [0, 0.05) is 17.6 Å². The van der Waals surface area contributed by atoms with E-state index >= 15 is 0 Å². The van der Waals surface area contributed by atoms with E-state index < -0.39 is 5.97 Å². The second kappa shape index (κ2) is 3.77. The zero-order valence-electron chi connectivity index (χ0n) is 8.58. The van der Waals surface area contributed by atoms with E-state index in [1.807, 2.05) is 25.1 Å². The first-order chi connectivity index (χ1) is 7.15. The zero-order chi connectivity index (χ0) is 10.8. The van der Waals surface area contributed by atoms with Gasteiger partial charge in [0.15, 0.2) is 0 Å². The average Bonchev–Trinajstić information content (AvgIpc) is 2.53. The van der Waals surface area contributed by atoms with E-state index in [-0.39, 0.29) is 6.42 Å². The maximum Gasteiger partial charge on any atom is 0.303 e. The van der Waals surface area contributed by atoms with Crippen LogP contribution in [-0.2, 0) is 11.2 Å². The Bertz CT molecular complexity index is 499. The molecule has 0 amide bonds. The van der Waals surface area contributed by atoms with E-state index in [0.717, 1.165) is 16.8 Å². The van der Waals surface area contributed by atoms with Gasteiger partial charge in [-0.25, -0.2) is 0 Å². The van der Waals surface area contributed by atoms with Crippen LogP contribution in [0.3, 0.4) is 0 Å². The number of benzene rings is 1. The van der Waals surface area contributed by atoms with Crippen molar-refractivity contribution in [3.8, 4) is 0 Å². The van der Waals surface area contributed by atoms with Gasteiger partial charge in [0.1, 0.15) is 0 Å². The highest BCUT2D eigenvalue weighted by molar-refractivity contribution is 5.81. The van der Waals surface area contributed by atoms with Gasteiger partial charge in [-0.1, -0.05) is 12.1 Å². The van der Waals surface area contributed by atoms with Crippen LogP contribution in [0.5, 0.6) is 0 Å². The number of carbonyl (C=O) groups is 1. The Morgan fingerprint density at radius 2 is 2.20 bits per heavy atom. The average molecular weight is 203 g/mol. The van der Waals surface area contributed by atoms with Crippen LogP contribution in [0.15, 0.2) is 24.3 Å². The van der Waals surface area contributed by atoms with E-state index in [1.165, 1.54) is 5.39 Å². The fourth-order valence-corrected chi connectivity index (χ4v) is 1.73. The van der Waals surface area contributed by atoms with Crippen LogP contribution in [0.4, 0.5) is 0 Å². The summed E-state index contributed by atoms with van der Waals surface area (Å²) < 4.78 is 0. The highest BCUT2D eigenvalue weighted by Crippen LogP contribution is 2.17. The van der Waals surface area contributed by atoms with Crippen LogP contribution in [0, 0.1) is 6.92 Å². The number of hydrogen-bond donors (Lipinski definition) is 2. The monoisotopic (exact) mass is 203 g/mol. The van der Waals surface area contributed by atoms with Crippen molar-refractivity contribution in [2.24, 2.45) is 0 Å². The number of carboxylic acids is 1. The van der Waals surface area contributed by atoms with Crippen molar-refractivity contribution in [2.45, 2.75) is 19.8 Å². The third-order valence-corrected chi connectivity index (χ3v) is 2.45. The maximum atomic E-state index is 10.4. The Morgan fingerprint density at radius 3 is 2.93 bits per heavy atom. The molecule has 0 atom stereocenters. The smallest absolute Gasteiger partial charge is 0.303 e. The number of rotatable bonds is 3. The molecule has 0 aliphatic rings. The molecule has 1 aromatic carbocycles. The van der Waals surface area contributed by atoms with Crippen molar-refractivity contribution in [2.75, 3.05) is 0 Å². The van der Waals surface area contributed by atoms with Crippen LogP contribution in [-0.4, -0.2) is 16.1 Å². The van der Waals surface area contributed by atoms with Crippen molar-refractivity contribution < 1.29 is 9.90 Å². The molecule has 2 rings (SSSR count). The van der Waals surface area contributed by atoms with Gasteiger partial charge in [-0.15, -0.1) is 0 Å². The molecule has 2 aromatic rings. The minimum atomic E-state index is -0.752. The molecule has 1 heterocycles. The summed E-state index contributed by atoms with van der Waals surface area (Å²) in [5.41, 5.74) is 3.27. The van der Waals surface area contributed by atoms with Gasteiger partial charge in [0.2, 0.25) is 0 Å². The Morgan fingerprint density at radius 1 is 1.40 bits per heavy atom. The summed E-state index contributed by atoms with van der Waals surface area (Å²) in [7, 11) is 0. The quantitative estimate of drug-likeness (QED) is 0.805. The molecule has 0 unspecified atom stereocenters. The summed E-state index contributed by atoms with van der Waals surface area (Å²) >= 11 is 0. The number of fused-ring (bicyclic) bond motifs is 1. The molecule has 3 nitrogen and oxygen atoms in total. The predicted molar refractivity (Wildman–Crippen MR) is 59.0 cm³/mol. The Labute approximate surface area is 87.7 Å². The molecule has 2 N–H and O–H groups in total. The van der Waals surface area contributed by atoms with E-state index in [0.29, 0.717) is 6.42 Å². The number of carboxylic acid groups (broad SMARTS) is 1. The predicted octanol–water partition coefficient (Wildman–Crippen LogP) is 2.49. The largest absolute Gasteiger partial charge is 0.481 e. The minimum Gasteiger partial charge on any atom is -0.481 e. The number of aliphatic carboxylic acids is 1. The van der Waals surface area contributed by atoms with Crippen molar-refractivity contribution in [3.63, 3.8) is 0 Å². The van der Waals surface area contributed by atoms with E-state index in [1.54, 1.807) is 0 Å². The van der Waals surface area contributed by atoms with Gasteiger partial charge >= 0.3 is 5.97 Å². The van der Waals surface area contributed by atoms with Crippen LogP contribution < -0.4 is 0 Å². The van der Waals surface area contributed by atoms with Crippen molar-refractivity contribution in [3.05, 3.63) is 35.5 Å². The number of aromatic amines is 1. The lowest BCUT2D eigenvalue weighted by Gasteiger charge is -1.98. The molecule has 0 aliphatic carbocycles. The SMILES string of the molecule is Cc1cc2ccc(CCC(=O)O)cc2[nH]1. The Kier molecular flexibility index (Phi) is 2.46. The Balaban J connectivity index is 2.26. The molecule has 0 radical (unpaired) electrons. The number of aryl methyl sites for hydroxylation is 2. The third-order valence-electron chi connectivity index (χ3n) is 2.45. The number of H-pyrrole nitrogens is 1. The fraction of sp³-hybridized carbons (Fsp3) is 0.250. The summed E-state index contributed by atoms with van der Waals surface area (Å²) in [5.74, 6) is -0.752. The normalized spacial score (nSPS) is 10.7. The lowest BCUT2D eigenvalue weighted by atomic mass is 10.1. The topological polar surface area (TPSA) is 53.1 Å². The molecule has 0 fully saturated rings. The van der Waals surface area contributed by atoms with Crippen LogP contribution in [0.25, 0.3) is 10.9 Å². The van der Waals surface area contributed by atoms with Crippen molar-refractivity contribution >= 4 is 16.9 Å². The van der Waals surface area contributed by atoms with Gasteiger partial charge in [-0.05, 0) is 36.4 Å². The first-order valence-electron chi connectivity index (χ1n) is 4.95. The second-order valence-electron chi connectivity index (χ2n) is 3.77. The molecule has 0 spiro atoms. The van der Waals surface area contributed by atoms with Crippen molar-refractivity contribution in [1.29, 1.82) is 0 Å². The molecule has 15 heavy (non-hydrogen) atoms. The summed E-state index contributed by atoms with van der Waals surface area (Å²) in [4.78, 5) is 13.7. The first kappa shape index (κ1) is 9.77. The summed E-state index contributed by atoms with van der Waals surface area (Å²) in [6.07, 6.45) is 0.772. The van der Waals surface area contributed by atoms with Gasteiger partial charge in [-0.2, -0.15) is 0 Å². The number of hydrogen-bond acceptors (Lipinski definition) is 1. The van der Waals surface area contributed by atoms with E-state index in [9.17, 15) is 4.79 Å². The van der Waals surface area contributed by atoms with E-state index in [4.69, 9.17) is 5.11 Å². The minimum absolute atomic E-state index is 0.186. The lowest BCUT2D eigenvalue weighted by molar-refractivity contribution is -0.136. The summed E-state index contributed by atoms with van der Waals surface area (Å²) in [6.45, 7) is 2.01. The van der Waals surface area contributed by atoms with Crippen LogP contribution in [0.1, 0.15) is 17.7 Å². The zero-order valence-corrected chi connectivity index (χ0v) is 8.58. The van der Waals surface area contributed by atoms with Gasteiger partial charge in [0.25, 0.3) is 0 Å². The second-order valence-corrected chi connectivity index (χ2v) is 3.77. The van der Waals surface area contributed by atoms with E-state index in [2.05, 4.69) is 11.1 Å². The standard InChI is InChI=1S/C12H13NO2/c1-8-6-10-4-2-9(3-5-12(14)15)7-11(10)13-8/h2,4,6-7,13H,3,5H2,1H3,(H,14,15). The Hall–Kier alpha value is -1.77. The van der Waals surface area contributed by atoms with Crippen molar-refractivity contribution in [1.82, 2.24) is 4.98 Å². The molecule has 0 saturated heterocycles. The van der Waals surface area contributed by atoms with Crippen LogP contribution in [0.2, 0.25) is 0 Å². The number of nitrogens with one attached hydrogen (secondary N) is 1. The lowest BCUT2D eigenvalue weighted by Crippen LogP contribution is -1.97. The molecular weight excluding hydrogens is 190 g/mol. The van der Waals surface area contributed by atoms with Gasteiger partial charge in [0.05, 0.1) is 0 Å². The third kappa shape index (κ3) is 2.18. The first-order valence-corrected chi connectivity index (χ1v) is 4.95. The molecule has 0 aliphatic heterocycles. The number of aromatic nitrogens is 1. The highest BCUT2D eigenvalue weighted by atomic mass is 16.4. The summed E-state index contributed by atoms with van der Waals surface area (Å²) in [6, 6.07) is 8.11. The summed E-state index contributed by atoms with van der Waals surface area (Å²) in [5, 5.41) is 9.76. The molecular formula is C12H13NO2.